The van der Waals surface area contributed by atoms with Crippen molar-refractivity contribution in [2.75, 3.05) is 32.8 Å². The van der Waals surface area contributed by atoms with Crippen molar-refractivity contribution in [1.29, 1.82) is 0 Å². The zero-order chi connectivity index (χ0) is 21.4. The molecule has 0 radical (unpaired) electrons. The molecule has 1 aromatic carbocycles. The summed E-state index contributed by atoms with van der Waals surface area (Å²) in [5.41, 5.74) is 0. The van der Waals surface area contributed by atoms with Gasteiger partial charge in [-0.1, -0.05) is 11.6 Å². The number of nitrogens with zero attached hydrogens (tertiary/aromatic N) is 1. The van der Waals surface area contributed by atoms with Gasteiger partial charge in [0.2, 0.25) is 15.9 Å². The summed E-state index contributed by atoms with van der Waals surface area (Å²) in [6.45, 7) is 7.86. The van der Waals surface area contributed by atoms with Crippen LogP contribution in [-0.4, -0.2) is 57.6 Å². The van der Waals surface area contributed by atoms with Gasteiger partial charge in [0.25, 0.3) is 0 Å². The first-order valence-electron chi connectivity index (χ1n) is 10.1. The van der Waals surface area contributed by atoms with Gasteiger partial charge in [-0.15, -0.1) is 0 Å². The number of piperidine rings is 1. The van der Waals surface area contributed by atoms with Crippen LogP contribution in [0.4, 0.5) is 0 Å². The second kappa shape index (κ2) is 11.2. The van der Waals surface area contributed by atoms with E-state index < -0.39 is 10.0 Å². The quantitative estimate of drug-likeness (QED) is 0.558. The van der Waals surface area contributed by atoms with Gasteiger partial charge in [-0.05, 0) is 58.2 Å². The van der Waals surface area contributed by atoms with E-state index in [4.69, 9.17) is 21.1 Å². The summed E-state index contributed by atoms with van der Waals surface area (Å²) in [5.74, 6) is -0.0210. The number of benzene rings is 1. The normalized spacial score (nSPS) is 18.0. The van der Waals surface area contributed by atoms with E-state index in [-0.39, 0.29) is 34.4 Å². The number of nitrogens with one attached hydrogen (secondary N) is 1. The van der Waals surface area contributed by atoms with E-state index in [1.54, 1.807) is 6.07 Å². The molecule has 0 unspecified atom stereocenters. The molecule has 1 N–H and O–H groups in total. The van der Waals surface area contributed by atoms with Crippen molar-refractivity contribution in [1.82, 2.24) is 9.62 Å². The lowest BCUT2D eigenvalue weighted by Crippen LogP contribution is -2.45. The van der Waals surface area contributed by atoms with E-state index in [9.17, 15) is 13.2 Å². The summed E-state index contributed by atoms with van der Waals surface area (Å²) in [5, 5.41) is 3.14. The summed E-state index contributed by atoms with van der Waals surface area (Å²) >= 11 is 6.15. The topological polar surface area (TPSA) is 84.9 Å². The number of rotatable bonds is 10. The summed E-state index contributed by atoms with van der Waals surface area (Å²) in [4.78, 5) is 12.6. The van der Waals surface area contributed by atoms with E-state index in [1.807, 2.05) is 20.8 Å². The zero-order valence-electron chi connectivity index (χ0n) is 17.3. The molecule has 29 heavy (non-hydrogen) atoms. The molecule has 0 spiro atoms. The molecule has 1 aliphatic heterocycles. The molecule has 0 aliphatic carbocycles. The standard InChI is InChI=1S/C20H31ClN2O5S/c1-4-27-19-9-8-17(13-18(19)21)29(25,26)23-11-5-7-16(14-23)20(24)22-10-6-12-28-15(2)3/h8-9,13,15-16H,4-7,10-12,14H2,1-3H3,(H,22,24)/t16-/m0/s1. The maximum atomic E-state index is 13.0. The third-order valence-electron chi connectivity index (χ3n) is 4.67. The van der Waals surface area contributed by atoms with Crippen LogP contribution in [0.25, 0.3) is 0 Å². The Morgan fingerprint density at radius 2 is 2.14 bits per heavy atom. The summed E-state index contributed by atoms with van der Waals surface area (Å²) in [6.07, 6.45) is 2.20. The molecule has 1 aromatic rings. The molecule has 2 rings (SSSR count). The molecule has 164 valence electrons. The number of ether oxygens (including phenoxy) is 2. The van der Waals surface area contributed by atoms with Crippen molar-refractivity contribution in [3.63, 3.8) is 0 Å². The Bertz CT molecular complexity index is 785. The van der Waals surface area contributed by atoms with Crippen LogP contribution in [0.1, 0.15) is 40.0 Å². The van der Waals surface area contributed by atoms with E-state index in [0.29, 0.717) is 44.9 Å². The molecule has 7 nitrogen and oxygen atoms in total. The Hall–Kier alpha value is -1.35. The first-order chi connectivity index (χ1) is 13.8. The maximum absolute atomic E-state index is 13.0. The smallest absolute Gasteiger partial charge is 0.243 e. The molecular weight excluding hydrogens is 416 g/mol. The van der Waals surface area contributed by atoms with Crippen molar-refractivity contribution in [2.45, 2.75) is 51.0 Å². The van der Waals surface area contributed by atoms with Gasteiger partial charge in [-0.3, -0.25) is 4.79 Å². The molecule has 1 atom stereocenters. The lowest BCUT2D eigenvalue weighted by Gasteiger charge is -2.31. The summed E-state index contributed by atoms with van der Waals surface area (Å²) in [7, 11) is -3.73. The van der Waals surface area contributed by atoms with Crippen LogP contribution >= 0.6 is 11.6 Å². The average Bonchev–Trinajstić information content (AvgIpc) is 2.69. The van der Waals surface area contributed by atoms with Crippen LogP contribution in [0.2, 0.25) is 5.02 Å². The number of halogens is 1. The molecule has 9 heteroatoms. The highest BCUT2D eigenvalue weighted by molar-refractivity contribution is 7.89. The van der Waals surface area contributed by atoms with Gasteiger partial charge in [0, 0.05) is 26.2 Å². The zero-order valence-corrected chi connectivity index (χ0v) is 18.9. The van der Waals surface area contributed by atoms with E-state index >= 15 is 0 Å². The number of carbonyl (C=O) groups is 1. The van der Waals surface area contributed by atoms with Crippen molar-refractivity contribution >= 4 is 27.5 Å². The molecule has 1 saturated heterocycles. The van der Waals surface area contributed by atoms with E-state index in [1.165, 1.54) is 16.4 Å². The molecule has 1 heterocycles. The molecule has 1 fully saturated rings. The van der Waals surface area contributed by atoms with E-state index in [2.05, 4.69) is 5.32 Å². The lowest BCUT2D eigenvalue weighted by molar-refractivity contribution is -0.126. The molecule has 1 aliphatic rings. The number of amides is 1. The van der Waals surface area contributed by atoms with Gasteiger partial charge >= 0.3 is 0 Å². The van der Waals surface area contributed by atoms with Crippen LogP contribution in [0.5, 0.6) is 5.75 Å². The average molecular weight is 447 g/mol. The summed E-state index contributed by atoms with van der Waals surface area (Å²) < 4.78 is 38.2. The van der Waals surface area contributed by atoms with Crippen LogP contribution in [0.3, 0.4) is 0 Å². The Balaban J connectivity index is 1.96. The van der Waals surface area contributed by atoms with Crippen molar-refractivity contribution < 1.29 is 22.7 Å². The Morgan fingerprint density at radius 3 is 2.79 bits per heavy atom. The van der Waals surface area contributed by atoms with Gasteiger partial charge in [0.15, 0.2) is 0 Å². The Labute approximate surface area is 178 Å². The number of sulfonamides is 1. The minimum atomic E-state index is -3.73. The maximum Gasteiger partial charge on any atom is 0.243 e. The molecule has 1 amide bonds. The molecular formula is C20H31ClN2O5S. The molecule has 0 aromatic heterocycles. The molecule has 0 saturated carbocycles. The number of hydrogen-bond donors (Lipinski definition) is 1. The predicted molar refractivity (Wildman–Crippen MR) is 113 cm³/mol. The molecule has 0 bridgehead atoms. The first-order valence-corrected chi connectivity index (χ1v) is 11.9. The highest BCUT2D eigenvalue weighted by atomic mass is 35.5. The highest BCUT2D eigenvalue weighted by Crippen LogP contribution is 2.30. The Kier molecular flexibility index (Phi) is 9.20. The third-order valence-corrected chi connectivity index (χ3v) is 6.82. The SMILES string of the molecule is CCOc1ccc(S(=O)(=O)N2CCC[C@H](C(=O)NCCCOC(C)C)C2)cc1Cl. The van der Waals surface area contributed by atoms with Crippen LogP contribution < -0.4 is 10.1 Å². The summed E-state index contributed by atoms with van der Waals surface area (Å²) in [6, 6.07) is 4.46. The van der Waals surface area contributed by atoms with Crippen LogP contribution in [-0.2, 0) is 19.6 Å². The minimum absolute atomic E-state index is 0.109. The lowest BCUT2D eigenvalue weighted by atomic mass is 9.99. The van der Waals surface area contributed by atoms with Crippen molar-refractivity contribution in [2.24, 2.45) is 5.92 Å². The second-order valence-corrected chi connectivity index (χ2v) is 9.64. The Morgan fingerprint density at radius 1 is 1.38 bits per heavy atom. The van der Waals surface area contributed by atoms with Gasteiger partial charge in [0.05, 0.1) is 28.5 Å². The minimum Gasteiger partial charge on any atom is -0.492 e. The van der Waals surface area contributed by atoms with Gasteiger partial charge in [-0.2, -0.15) is 4.31 Å². The number of carbonyl (C=O) groups excluding carboxylic acids is 1. The third kappa shape index (κ3) is 6.84. The predicted octanol–water partition coefficient (Wildman–Crippen LogP) is 3.07. The monoisotopic (exact) mass is 446 g/mol. The second-order valence-electron chi connectivity index (χ2n) is 7.29. The number of hydrogen-bond acceptors (Lipinski definition) is 5. The van der Waals surface area contributed by atoms with E-state index in [0.717, 1.165) is 6.42 Å². The van der Waals surface area contributed by atoms with Crippen molar-refractivity contribution in [3.05, 3.63) is 23.2 Å². The van der Waals surface area contributed by atoms with Gasteiger partial charge < -0.3 is 14.8 Å². The van der Waals surface area contributed by atoms with Crippen LogP contribution in [0.15, 0.2) is 23.1 Å². The van der Waals surface area contributed by atoms with Gasteiger partial charge in [-0.25, -0.2) is 8.42 Å². The fourth-order valence-electron chi connectivity index (χ4n) is 3.19. The fourth-order valence-corrected chi connectivity index (χ4v) is 5.04. The van der Waals surface area contributed by atoms with Crippen molar-refractivity contribution in [3.8, 4) is 5.75 Å². The fraction of sp³-hybridized carbons (Fsp3) is 0.650. The first kappa shape index (κ1) is 23.9. The highest BCUT2D eigenvalue weighted by Gasteiger charge is 2.33. The largest absolute Gasteiger partial charge is 0.492 e. The van der Waals surface area contributed by atoms with Crippen LogP contribution in [0, 0.1) is 5.92 Å². The van der Waals surface area contributed by atoms with Gasteiger partial charge in [0.1, 0.15) is 5.75 Å².